The molecule has 2 rings (SSSR count). The Labute approximate surface area is 90.4 Å². The number of hydrogen-bond acceptors (Lipinski definition) is 3. The average molecular weight is 221 g/mol. The van der Waals surface area contributed by atoms with E-state index in [2.05, 4.69) is 4.98 Å². The summed E-state index contributed by atoms with van der Waals surface area (Å²) in [4.78, 5) is 15.2. The Morgan fingerprint density at radius 1 is 1.33 bits per heavy atom. The van der Waals surface area contributed by atoms with Crippen LogP contribution in [0.4, 0.5) is 4.39 Å². The van der Waals surface area contributed by atoms with E-state index in [1.165, 1.54) is 30.4 Å². The third-order valence-electron chi connectivity index (χ3n) is 1.95. The second-order valence-electron chi connectivity index (χ2n) is 3.10. The molecule has 0 unspecified atom stereocenters. The van der Waals surface area contributed by atoms with Gasteiger partial charge >= 0.3 is 0 Å². The van der Waals surface area contributed by atoms with E-state index >= 15 is 0 Å². The third kappa shape index (κ3) is 2.10. The Balaban J connectivity index is 2.37. The maximum Gasteiger partial charge on any atom is 0.188 e. The van der Waals surface area contributed by atoms with Crippen molar-refractivity contribution in [3.05, 3.63) is 40.5 Å². The van der Waals surface area contributed by atoms with Gasteiger partial charge in [-0.1, -0.05) is 0 Å². The highest BCUT2D eigenvalue weighted by Gasteiger charge is 2.07. The molecular weight excluding hydrogens is 213 g/mol. The zero-order chi connectivity index (χ0) is 10.8. The van der Waals surface area contributed by atoms with Gasteiger partial charge in [0.1, 0.15) is 5.82 Å². The Morgan fingerprint density at radius 3 is 2.53 bits per heavy atom. The van der Waals surface area contributed by atoms with Gasteiger partial charge in [0.2, 0.25) is 0 Å². The summed E-state index contributed by atoms with van der Waals surface area (Å²) in [6, 6.07) is 6.05. The van der Waals surface area contributed by atoms with Crippen LogP contribution in [0.15, 0.2) is 29.6 Å². The van der Waals surface area contributed by atoms with E-state index in [9.17, 15) is 9.18 Å². The van der Waals surface area contributed by atoms with Gasteiger partial charge in [0, 0.05) is 17.9 Å². The van der Waals surface area contributed by atoms with Gasteiger partial charge in [-0.05, 0) is 24.3 Å². The number of nitrogens with zero attached hydrogens (tertiary/aromatic N) is 1. The molecule has 0 amide bonds. The summed E-state index contributed by atoms with van der Waals surface area (Å²) in [5, 5.41) is 2.28. The topological polar surface area (TPSA) is 30.0 Å². The van der Waals surface area contributed by atoms with Crippen LogP contribution in [0.3, 0.4) is 0 Å². The van der Waals surface area contributed by atoms with Crippen molar-refractivity contribution in [1.29, 1.82) is 0 Å². The van der Waals surface area contributed by atoms with Crippen LogP contribution in [0, 0.1) is 5.82 Å². The molecule has 1 heterocycles. The fraction of sp³-hybridized carbons (Fsp3) is 0.0909. The number of thiazole rings is 1. The maximum absolute atomic E-state index is 12.7. The highest BCUT2D eigenvalue weighted by molar-refractivity contribution is 7.12. The molecule has 0 aliphatic rings. The van der Waals surface area contributed by atoms with Crippen LogP contribution in [-0.2, 0) is 0 Å². The summed E-state index contributed by atoms with van der Waals surface area (Å²) < 4.78 is 12.7. The molecule has 2 nitrogen and oxygen atoms in total. The molecule has 0 aliphatic heterocycles. The largest absolute Gasteiger partial charge is 0.292 e. The second-order valence-corrected chi connectivity index (χ2v) is 3.96. The standard InChI is InChI=1S/C11H8FNOS/c1-7(14)11-13-10(6-15-11)8-2-4-9(12)5-3-8/h2-6H,1H3. The molecule has 0 spiro atoms. The number of rotatable bonds is 2. The number of aromatic nitrogens is 1. The van der Waals surface area contributed by atoms with Gasteiger partial charge in [-0.2, -0.15) is 0 Å². The van der Waals surface area contributed by atoms with Gasteiger partial charge in [0.25, 0.3) is 0 Å². The SMILES string of the molecule is CC(=O)c1nc(-c2ccc(F)cc2)cs1. The van der Waals surface area contributed by atoms with Crippen LogP contribution in [0.1, 0.15) is 16.7 Å². The van der Waals surface area contributed by atoms with E-state index in [4.69, 9.17) is 0 Å². The average Bonchev–Trinajstić information content (AvgIpc) is 2.68. The predicted molar refractivity (Wildman–Crippen MR) is 57.5 cm³/mol. The number of Topliss-reactive ketones (excluding diaryl/α,β-unsaturated/α-hetero) is 1. The Kier molecular flexibility index (Phi) is 2.60. The minimum absolute atomic E-state index is 0.0478. The monoisotopic (exact) mass is 221 g/mol. The zero-order valence-corrected chi connectivity index (χ0v) is 8.84. The zero-order valence-electron chi connectivity index (χ0n) is 8.03. The Hall–Kier alpha value is -1.55. The molecule has 0 bridgehead atoms. The second kappa shape index (κ2) is 3.90. The van der Waals surface area contributed by atoms with Crippen LogP contribution < -0.4 is 0 Å². The molecule has 1 aromatic carbocycles. The minimum atomic E-state index is -0.277. The summed E-state index contributed by atoms with van der Waals surface area (Å²) >= 11 is 1.30. The molecule has 0 fully saturated rings. The van der Waals surface area contributed by atoms with E-state index in [1.807, 2.05) is 0 Å². The van der Waals surface area contributed by atoms with Gasteiger partial charge in [-0.15, -0.1) is 11.3 Å². The van der Waals surface area contributed by atoms with Crippen molar-refractivity contribution in [2.24, 2.45) is 0 Å². The predicted octanol–water partition coefficient (Wildman–Crippen LogP) is 3.15. The molecule has 0 radical (unpaired) electrons. The molecule has 0 atom stereocenters. The lowest BCUT2D eigenvalue weighted by Crippen LogP contribution is -1.89. The first-order chi connectivity index (χ1) is 7.16. The van der Waals surface area contributed by atoms with Gasteiger partial charge < -0.3 is 0 Å². The Bertz CT molecular complexity index is 490. The van der Waals surface area contributed by atoms with E-state index in [0.717, 1.165) is 5.56 Å². The quantitative estimate of drug-likeness (QED) is 0.729. The van der Waals surface area contributed by atoms with Crippen molar-refractivity contribution in [3.63, 3.8) is 0 Å². The highest BCUT2D eigenvalue weighted by atomic mass is 32.1. The number of carbonyl (C=O) groups is 1. The van der Waals surface area contributed by atoms with Crippen molar-refractivity contribution in [2.75, 3.05) is 0 Å². The van der Waals surface area contributed by atoms with Crippen molar-refractivity contribution in [2.45, 2.75) is 6.92 Å². The summed E-state index contributed by atoms with van der Waals surface area (Å²) in [5.41, 5.74) is 1.53. The van der Waals surface area contributed by atoms with Gasteiger partial charge in [-0.3, -0.25) is 4.79 Å². The molecule has 1 aromatic heterocycles. The molecule has 0 saturated heterocycles. The fourth-order valence-corrected chi connectivity index (χ4v) is 1.92. The lowest BCUT2D eigenvalue weighted by Gasteiger charge is -1.94. The molecule has 15 heavy (non-hydrogen) atoms. The minimum Gasteiger partial charge on any atom is -0.292 e. The first kappa shape index (κ1) is 9.98. The summed E-state index contributed by atoms with van der Waals surface area (Å²) in [7, 11) is 0. The highest BCUT2D eigenvalue weighted by Crippen LogP contribution is 2.22. The van der Waals surface area contributed by atoms with Crippen LogP contribution in [0.5, 0.6) is 0 Å². The number of benzene rings is 1. The normalized spacial score (nSPS) is 10.3. The van der Waals surface area contributed by atoms with E-state index in [0.29, 0.717) is 10.7 Å². The van der Waals surface area contributed by atoms with E-state index < -0.39 is 0 Å². The molecule has 0 aliphatic carbocycles. The van der Waals surface area contributed by atoms with Gasteiger partial charge in [0.05, 0.1) is 5.69 Å². The number of halogens is 1. The smallest absolute Gasteiger partial charge is 0.188 e. The van der Waals surface area contributed by atoms with E-state index in [-0.39, 0.29) is 11.6 Å². The number of ketones is 1. The fourth-order valence-electron chi connectivity index (χ4n) is 1.19. The van der Waals surface area contributed by atoms with Crippen LogP contribution in [-0.4, -0.2) is 10.8 Å². The van der Waals surface area contributed by atoms with Crippen molar-refractivity contribution in [3.8, 4) is 11.3 Å². The molecule has 2 aromatic rings. The van der Waals surface area contributed by atoms with Crippen LogP contribution >= 0.6 is 11.3 Å². The molecule has 0 saturated carbocycles. The first-order valence-electron chi connectivity index (χ1n) is 4.39. The summed E-state index contributed by atoms with van der Waals surface area (Å²) in [6.45, 7) is 1.48. The first-order valence-corrected chi connectivity index (χ1v) is 5.27. The van der Waals surface area contributed by atoms with Crippen LogP contribution in [0.25, 0.3) is 11.3 Å². The Morgan fingerprint density at radius 2 is 2.00 bits per heavy atom. The summed E-state index contributed by atoms with van der Waals surface area (Å²) in [6.07, 6.45) is 0. The van der Waals surface area contributed by atoms with Gasteiger partial charge in [0.15, 0.2) is 10.8 Å². The van der Waals surface area contributed by atoms with Crippen molar-refractivity contribution < 1.29 is 9.18 Å². The molecule has 76 valence electrons. The summed E-state index contributed by atoms with van der Waals surface area (Å²) in [5.74, 6) is -0.325. The molecule has 4 heteroatoms. The third-order valence-corrected chi connectivity index (χ3v) is 2.89. The van der Waals surface area contributed by atoms with Crippen LogP contribution in [0.2, 0.25) is 0 Å². The number of carbonyl (C=O) groups excluding carboxylic acids is 1. The van der Waals surface area contributed by atoms with Gasteiger partial charge in [-0.25, -0.2) is 9.37 Å². The molecule has 0 N–H and O–H groups in total. The lowest BCUT2D eigenvalue weighted by atomic mass is 10.2. The molecular formula is C11H8FNOS. The lowest BCUT2D eigenvalue weighted by molar-refractivity contribution is 0.101. The van der Waals surface area contributed by atoms with Crippen molar-refractivity contribution >= 4 is 17.1 Å². The number of hydrogen-bond donors (Lipinski definition) is 0. The van der Waals surface area contributed by atoms with E-state index in [1.54, 1.807) is 17.5 Å². The van der Waals surface area contributed by atoms with Crippen molar-refractivity contribution in [1.82, 2.24) is 4.98 Å². The maximum atomic E-state index is 12.7.